The topological polar surface area (TPSA) is 159 Å². The lowest BCUT2D eigenvalue weighted by atomic mass is 10.0. The molecule has 1 N–H and O–H groups in total. The van der Waals surface area contributed by atoms with Crippen LogP contribution in [0.3, 0.4) is 0 Å². The van der Waals surface area contributed by atoms with Crippen LogP contribution < -0.4 is 0 Å². The van der Waals surface area contributed by atoms with Crippen molar-refractivity contribution in [1.82, 2.24) is 9.97 Å². The molecule has 35 heavy (non-hydrogen) atoms. The number of nitro benzene ring substituents is 2. The van der Waals surface area contributed by atoms with Gasteiger partial charge in [-0.2, -0.15) is 0 Å². The van der Waals surface area contributed by atoms with Crippen molar-refractivity contribution in [1.29, 1.82) is 0 Å². The van der Waals surface area contributed by atoms with Gasteiger partial charge in [-0.3, -0.25) is 20.2 Å². The molecule has 11 heteroatoms. The van der Waals surface area contributed by atoms with Gasteiger partial charge in [0.05, 0.1) is 27.5 Å². The first-order chi connectivity index (χ1) is 16.9. The van der Waals surface area contributed by atoms with Gasteiger partial charge in [0.1, 0.15) is 16.8 Å². The second-order valence-corrected chi connectivity index (χ2v) is 7.79. The van der Waals surface area contributed by atoms with Crippen LogP contribution in [-0.4, -0.2) is 24.9 Å². The number of phenolic OH excluding ortho intramolecular Hbond substituents is 1. The lowest BCUT2D eigenvalue weighted by molar-refractivity contribution is -0.384. The Kier molecular flexibility index (Phi) is 4.26. The van der Waals surface area contributed by atoms with Crippen LogP contribution in [-0.2, 0) is 0 Å². The summed E-state index contributed by atoms with van der Waals surface area (Å²) in [6, 6.07) is 16.9. The second kappa shape index (κ2) is 7.35. The first-order valence-electron chi connectivity index (χ1n) is 10.2. The van der Waals surface area contributed by atoms with E-state index >= 15 is 0 Å². The molecule has 6 aromatic rings. The predicted molar refractivity (Wildman–Crippen MR) is 125 cm³/mol. The largest absolute Gasteiger partial charge is 0.507 e. The molecule has 0 unspecified atom stereocenters. The number of hydrogen-bond donors (Lipinski definition) is 1. The molecule has 0 atom stereocenters. The van der Waals surface area contributed by atoms with Crippen molar-refractivity contribution < 1.29 is 23.8 Å². The average molecular weight is 468 g/mol. The summed E-state index contributed by atoms with van der Waals surface area (Å²) in [5, 5.41) is 34.1. The van der Waals surface area contributed by atoms with E-state index < -0.39 is 9.85 Å². The highest BCUT2D eigenvalue weighted by molar-refractivity contribution is 5.93. The summed E-state index contributed by atoms with van der Waals surface area (Å²) < 4.78 is 11.5. The number of aromatic hydroxyl groups is 1. The normalized spacial score (nSPS) is 11.4. The minimum absolute atomic E-state index is 0.0690. The highest BCUT2D eigenvalue weighted by Gasteiger charge is 2.17. The number of aromatic nitrogens is 2. The van der Waals surface area contributed by atoms with Crippen molar-refractivity contribution in [2.45, 2.75) is 0 Å². The van der Waals surface area contributed by atoms with Gasteiger partial charge in [-0.05, 0) is 47.2 Å². The number of hydrogen-bond acceptors (Lipinski definition) is 9. The van der Waals surface area contributed by atoms with Crippen LogP contribution in [0.1, 0.15) is 0 Å². The molecule has 0 aliphatic carbocycles. The molecule has 0 aliphatic heterocycles. The molecule has 0 amide bonds. The van der Waals surface area contributed by atoms with E-state index in [0.717, 1.165) is 10.8 Å². The van der Waals surface area contributed by atoms with Crippen molar-refractivity contribution in [2.75, 3.05) is 0 Å². The van der Waals surface area contributed by atoms with Gasteiger partial charge >= 0.3 is 0 Å². The molecule has 11 nitrogen and oxygen atoms in total. The van der Waals surface area contributed by atoms with Gasteiger partial charge in [0.15, 0.2) is 11.2 Å². The third-order valence-corrected chi connectivity index (χ3v) is 5.60. The molecule has 0 radical (unpaired) electrons. The molecule has 0 fully saturated rings. The van der Waals surface area contributed by atoms with E-state index in [1.807, 2.05) is 0 Å². The maximum atomic E-state index is 11.0. The fourth-order valence-corrected chi connectivity index (χ4v) is 3.88. The number of rotatable bonds is 4. The minimum atomic E-state index is -0.527. The van der Waals surface area contributed by atoms with Crippen molar-refractivity contribution >= 4 is 44.3 Å². The van der Waals surface area contributed by atoms with Gasteiger partial charge in [0, 0.05) is 17.7 Å². The number of phenols is 1. The molecule has 2 aromatic heterocycles. The van der Waals surface area contributed by atoms with E-state index in [0.29, 0.717) is 27.7 Å². The summed E-state index contributed by atoms with van der Waals surface area (Å²) in [5.41, 5.74) is 2.13. The van der Waals surface area contributed by atoms with Crippen molar-refractivity contribution in [3.05, 3.63) is 87.0 Å². The van der Waals surface area contributed by atoms with E-state index in [1.165, 1.54) is 36.4 Å². The van der Waals surface area contributed by atoms with Gasteiger partial charge in [0.2, 0.25) is 11.8 Å². The van der Waals surface area contributed by atoms with E-state index in [4.69, 9.17) is 8.83 Å². The Morgan fingerprint density at radius 1 is 0.686 bits per heavy atom. The summed E-state index contributed by atoms with van der Waals surface area (Å²) in [7, 11) is 0. The summed E-state index contributed by atoms with van der Waals surface area (Å²) in [4.78, 5) is 29.8. The summed E-state index contributed by atoms with van der Waals surface area (Å²) in [6.45, 7) is 0. The fourth-order valence-electron chi connectivity index (χ4n) is 3.88. The van der Waals surface area contributed by atoms with Crippen molar-refractivity contribution in [3.8, 4) is 28.7 Å². The molecular weight excluding hydrogens is 456 g/mol. The van der Waals surface area contributed by atoms with Gasteiger partial charge in [-0.1, -0.05) is 6.07 Å². The summed E-state index contributed by atoms with van der Waals surface area (Å²) in [6.07, 6.45) is 0. The van der Waals surface area contributed by atoms with Crippen LogP contribution >= 0.6 is 0 Å². The standard InChI is InChI=1S/C24H12N4O7/c29-20-9-12-1-2-13(23-25-18-5-3-15(27(30)31)10-21(18)34-23)7-14(12)8-17(20)24-26-19-6-4-16(28(32)33)11-22(19)35-24/h1-11,29H. The third-order valence-electron chi connectivity index (χ3n) is 5.60. The molecule has 4 aromatic carbocycles. The third kappa shape index (κ3) is 3.38. The molecule has 0 spiro atoms. The Bertz CT molecular complexity index is 1840. The predicted octanol–water partition coefficient (Wildman–Crippen LogP) is 5.98. The first kappa shape index (κ1) is 20.3. The average Bonchev–Trinajstić information content (AvgIpc) is 3.46. The van der Waals surface area contributed by atoms with Crippen LogP contribution in [0.4, 0.5) is 11.4 Å². The van der Waals surface area contributed by atoms with Crippen LogP contribution in [0, 0.1) is 20.2 Å². The van der Waals surface area contributed by atoms with Crippen LogP contribution in [0.15, 0.2) is 75.6 Å². The zero-order valence-corrected chi connectivity index (χ0v) is 17.5. The van der Waals surface area contributed by atoms with E-state index in [-0.39, 0.29) is 34.5 Å². The van der Waals surface area contributed by atoms with Crippen LogP contribution in [0.25, 0.3) is 55.9 Å². The number of nitro groups is 2. The Balaban J connectivity index is 1.44. The quantitative estimate of drug-likeness (QED) is 0.242. The minimum Gasteiger partial charge on any atom is -0.507 e. The maximum absolute atomic E-state index is 11.0. The first-order valence-corrected chi connectivity index (χ1v) is 10.2. The van der Waals surface area contributed by atoms with Gasteiger partial charge in [-0.25, -0.2) is 9.97 Å². The van der Waals surface area contributed by atoms with Crippen LogP contribution in [0.2, 0.25) is 0 Å². The zero-order valence-electron chi connectivity index (χ0n) is 17.5. The molecule has 0 saturated carbocycles. The summed E-state index contributed by atoms with van der Waals surface area (Å²) >= 11 is 0. The zero-order chi connectivity index (χ0) is 24.3. The number of nitrogens with zero attached hydrogens (tertiary/aromatic N) is 4. The summed E-state index contributed by atoms with van der Waals surface area (Å²) in [5.74, 6) is 0.325. The Labute approximate surface area is 194 Å². The van der Waals surface area contributed by atoms with E-state index in [2.05, 4.69) is 9.97 Å². The van der Waals surface area contributed by atoms with Crippen molar-refractivity contribution in [2.24, 2.45) is 0 Å². The van der Waals surface area contributed by atoms with Gasteiger partial charge < -0.3 is 13.9 Å². The molecular formula is C24H12N4O7. The van der Waals surface area contributed by atoms with Crippen molar-refractivity contribution in [3.63, 3.8) is 0 Å². The molecule has 6 rings (SSSR count). The second-order valence-electron chi connectivity index (χ2n) is 7.79. The molecule has 170 valence electrons. The van der Waals surface area contributed by atoms with Gasteiger partial charge in [-0.15, -0.1) is 0 Å². The number of oxazole rings is 2. The Morgan fingerprint density at radius 2 is 1.29 bits per heavy atom. The fraction of sp³-hybridized carbons (Fsp3) is 0. The van der Waals surface area contributed by atoms with Crippen LogP contribution in [0.5, 0.6) is 5.75 Å². The molecule has 0 saturated heterocycles. The highest BCUT2D eigenvalue weighted by atomic mass is 16.6. The lowest BCUT2D eigenvalue weighted by Crippen LogP contribution is -1.86. The number of non-ortho nitro benzene ring substituents is 2. The Morgan fingerprint density at radius 3 is 1.91 bits per heavy atom. The van der Waals surface area contributed by atoms with E-state index in [9.17, 15) is 25.3 Å². The highest BCUT2D eigenvalue weighted by Crippen LogP contribution is 2.37. The maximum Gasteiger partial charge on any atom is 0.273 e. The molecule has 0 bridgehead atoms. The number of fused-ring (bicyclic) bond motifs is 3. The molecule has 2 heterocycles. The smallest absolute Gasteiger partial charge is 0.273 e. The SMILES string of the molecule is O=[N+]([O-])c1ccc2nc(-c3ccc4cc(O)c(-c5nc6ccc([N+](=O)[O-])cc6o5)cc4c3)oc2c1. The number of benzene rings is 4. The van der Waals surface area contributed by atoms with E-state index in [1.54, 1.807) is 30.3 Å². The molecule has 0 aliphatic rings. The monoisotopic (exact) mass is 468 g/mol. The Hall–Kier alpha value is -5.32. The lowest BCUT2D eigenvalue weighted by Gasteiger charge is -2.05. The van der Waals surface area contributed by atoms with Gasteiger partial charge in [0.25, 0.3) is 11.4 Å².